The van der Waals surface area contributed by atoms with E-state index < -0.39 is 0 Å². The van der Waals surface area contributed by atoms with Crippen LogP contribution in [0, 0.1) is 11.8 Å². The molecule has 1 rings (SSSR count). The standard InChI is InChI=1S/C15H29N/c1-6-9-13(3)16-11-8-7-10-12(2)14(4)15(16)5/h7-8,12-15H,6,9-11H2,1-5H3/b8-7-. The van der Waals surface area contributed by atoms with Gasteiger partial charge >= 0.3 is 0 Å². The minimum Gasteiger partial charge on any atom is -0.294 e. The molecule has 0 aromatic rings. The first-order chi connectivity index (χ1) is 7.57. The normalized spacial score (nSPS) is 36.4. The lowest BCUT2D eigenvalue weighted by Crippen LogP contribution is -2.45. The second kappa shape index (κ2) is 6.44. The first-order valence-corrected chi connectivity index (χ1v) is 6.98. The van der Waals surface area contributed by atoms with Crippen LogP contribution in [-0.2, 0) is 0 Å². The van der Waals surface area contributed by atoms with Crippen LogP contribution in [0.2, 0.25) is 0 Å². The van der Waals surface area contributed by atoms with E-state index in [1.165, 1.54) is 19.3 Å². The van der Waals surface area contributed by atoms with E-state index in [0.717, 1.165) is 24.4 Å². The predicted molar refractivity (Wildman–Crippen MR) is 72.6 cm³/mol. The Hall–Kier alpha value is -0.300. The topological polar surface area (TPSA) is 3.24 Å². The molecule has 1 heteroatoms. The van der Waals surface area contributed by atoms with E-state index in [9.17, 15) is 0 Å². The molecule has 4 unspecified atom stereocenters. The third-order valence-corrected chi connectivity index (χ3v) is 4.44. The highest BCUT2D eigenvalue weighted by atomic mass is 15.2. The number of allylic oxidation sites excluding steroid dienone is 1. The van der Waals surface area contributed by atoms with E-state index >= 15 is 0 Å². The molecule has 0 aromatic carbocycles. The zero-order valence-electron chi connectivity index (χ0n) is 11.7. The first-order valence-electron chi connectivity index (χ1n) is 6.98. The summed E-state index contributed by atoms with van der Waals surface area (Å²) in [4.78, 5) is 2.68. The lowest BCUT2D eigenvalue weighted by molar-refractivity contribution is 0.0992. The fraction of sp³-hybridized carbons (Fsp3) is 0.867. The zero-order valence-corrected chi connectivity index (χ0v) is 11.7. The van der Waals surface area contributed by atoms with Gasteiger partial charge in [-0.05, 0) is 38.5 Å². The SMILES string of the molecule is CCCC(C)N1C/C=C\CC(C)C(C)C1C. The molecule has 4 atom stereocenters. The lowest BCUT2D eigenvalue weighted by atomic mass is 9.85. The molecule has 1 heterocycles. The van der Waals surface area contributed by atoms with Crippen LogP contribution in [0.25, 0.3) is 0 Å². The lowest BCUT2D eigenvalue weighted by Gasteiger charge is -2.40. The summed E-state index contributed by atoms with van der Waals surface area (Å²) in [5.41, 5.74) is 0. The third-order valence-electron chi connectivity index (χ3n) is 4.44. The molecule has 0 N–H and O–H groups in total. The van der Waals surface area contributed by atoms with Gasteiger partial charge in [-0.1, -0.05) is 39.3 Å². The van der Waals surface area contributed by atoms with Gasteiger partial charge in [0.2, 0.25) is 0 Å². The van der Waals surface area contributed by atoms with Crippen LogP contribution in [-0.4, -0.2) is 23.5 Å². The van der Waals surface area contributed by atoms with Crippen molar-refractivity contribution in [2.24, 2.45) is 11.8 Å². The maximum absolute atomic E-state index is 2.68. The highest BCUT2D eigenvalue weighted by Crippen LogP contribution is 2.26. The van der Waals surface area contributed by atoms with Gasteiger partial charge in [0.1, 0.15) is 0 Å². The molecule has 1 aliphatic heterocycles. The molecule has 0 aliphatic carbocycles. The fourth-order valence-electron chi connectivity index (χ4n) is 2.83. The molecule has 0 aromatic heterocycles. The predicted octanol–water partition coefficient (Wildman–Crippen LogP) is 4.10. The molecule has 1 aliphatic rings. The van der Waals surface area contributed by atoms with E-state index in [1.54, 1.807) is 0 Å². The summed E-state index contributed by atoms with van der Waals surface area (Å²) < 4.78 is 0. The van der Waals surface area contributed by atoms with Gasteiger partial charge in [-0.2, -0.15) is 0 Å². The minimum atomic E-state index is 0.710. The van der Waals surface area contributed by atoms with Gasteiger partial charge in [0.05, 0.1) is 0 Å². The molecule has 0 saturated carbocycles. The summed E-state index contributed by atoms with van der Waals surface area (Å²) in [5.74, 6) is 1.60. The van der Waals surface area contributed by atoms with Gasteiger partial charge in [0, 0.05) is 18.6 Å². The minimum absolute atomic E-state index is 0.710. The smallest absolute Gasteiger partial charge is 0.0168 e. The zero-order chi connectivity index (χ0) is 12.1. The first kappa shape index (κ1) is 13.8. The van der Waals surface area contributed by atoms with Crippen molar-refractivity contribution in [3.8, 4) is 0 Å². The molecule has 94 valence electrons. The molecule has 0 saturated heterocycles. The molecular formula is C15H29N. The van der Waals surface area contributed by atoms with E-state index in [4.69, 9.17) is 0 Å². The number of rotatable bonds is 3. The Labute approximate surface area is 102 Å². The van der Waals surface area contributed by atoms with E-state index in [1.807, 2.05) is 0 Å². The maximum atomic E-state index is 2.68. The molecule has 16 heavy (non-hydrogen) atoms. The van der Waals surface area contributed by atoms with Crippen LogP contribution < -0.4 is 0 Å². The van der Waals surface area contributed by atoms with Crippen molar-refractivity contribution in [2.75, 3.05) is 6.54 Å². The van der Waals surface area contributed by atoms with Crippen LogP contribution >= 0.6 is 0 Å². The van der Waals surface area contributed by atoms with Crippen molar-refractivity contribution >= 4 is 0 Å². The second-order valence-corrected chi connectivity index (χ2v) is 5.62. The summed E-state index contributed by atoms with van der Waals surface area (Å²) in [5, 5.41) is 0. The Morgan fingerprint density at radius 3 is 2.56 bits per heavy atom. The van der Waals surface area contributed by atoms with E-state index in [0.29, 0.717) is 6.04 Å². The molecule has 0 fully saturated rings. The summed E-state index contributed by atoms with van der Waals surface area (Å²) in [7, 11) is 0. The van der Waals surface area contributed by atoms with Crippen molar-refractivity contribution < 1.29 is 0 Å². The van der Waals surface area contributed by atoms with Crippen molar-refractivity contribution in [1.29, 1.82) is 0 Å². The summed E-state index contributed by atoms with van der Waals surface area (Å²) >= 11 is 0. The number of nitrogens with zero attached hydrogens (tertiary/aromatic N) is 1. The van der Waals surface area contributed by atoms with Crippen LogP contribution in [0.4, 0.5) is 0 Å². The molecule has 1 nitrogen and oxygen atoms in total. The van der Waals surface area contributed by atoms with Gasteiger partial charge in [0.15, 0.2) is 0 Å². The average Bonchev–Trinajstić information content (AvgIpc) is 2.26. The Morgan fingerprint density at radius 2 is 1.94 bits per heavy atom. The number of hydrogen-bond donors (Lipinski definition) is 0. The fourth-order valence-corrected chi connectivity index (χ4v) is 2.83. The highest BCUT2D eigenvalue weighted by Gasteiger charge is 2.27. The van der Waals surface area contributed by atoms with Crippen LogP contribution in [0.15, 0.2) is 12.2 Å². The molecular weight excluding hydrogens is 194 g/mol. The van der Waals surface area contributed by atoms with Gasteiger partial charge in [-0.15, -0.1) is 0 Å². The summed E-state index contributed by atoms with van der Waals surface area (Å²) in [6.07, 6.45) is 8.60. The van der Waals surface area contributed by atoms with Gasteiger partial charge in [-0.25, -0.2) is 0 Å². The van der Waals surface area contributed by atoms with Gasteiger partial charge in [-0.3, -0.25) is 4.90 Å². The quantitative estimate of drug-likeness (QED) is 0.651. The number of hydrogen-bond acceptors (Lipinski definition) is 1. The van der Waals surface area contributed by atoms with Crippen molar-refractivity contribution in [3.05, 3.63) is 12.2 Å². The van der Waals surface area contributed by atoms with Crippen LogP contribution in [0.3, 0.4) is 0 Å². The Kier molecular flexibility index (Phi) is 5.54. The van der Waals surface area contributed by atoms with Crippen LogP contribution in [0.5, 0.6) is 0 Å². The van der Waals surface area contributed by atoms with Crippen LogP contribution in [0.1, 0.15) is 53.9 Å². The Balaban J connectivity index is 2.73. The second-order valence-electron chi connectivity index (χ2n) is 5.62. The van der Waals surface area contributed by atoms with E-state index in [2.05, 4.69) is 51.7 Å². The summed E-state index contributed by atoms with van der Waals surface area (Å²) in [6, 6.07) is 1.43. The highest BCUT2D eigenvalue weighted by molar-refractivity contribution is 4.94. The summed E-state index contributed by atoms with van der Waals surface area (Å²) in [6.45, 7) is 13.0. The Morgan fingerprint density at radius 1 is 1.25 bits per heavy atom. The maximum Gasteiger partial charge on any atom is 0.0168 e. The third kappa shape index (κ3) is 3.35. The van der Waals surface area contributed by atoms with E-state index in [-0.39, 0.29) is 0 Å². The molecule has 0 radical (unpaired) electrons. The largest absolute Gasteiger partial charge is 0.294 e. The average molecular weight is 223 g/mol. The van der Waals surface area contributed by atoms with Gasteiger partial charge in [0.25, 0.3) is 0 Å². The molecule has 0 bridgehead atoms. The van der Waals surface area contributed by atoms with Gasteiger partial charge < -0.3 is 0 Å². The van der Waals surface area contributed by atoms with Crippen molar-refractivity contribution in [3.63, 3.8) is 0 Å². The monoisotopic (exact) mass is 223 g/mol. The Bertz CT molecular complexity index is 221. The molecule has 0 amide bonds. The van der Waals surface area contributed by atoms with Crippen molar-refractivity contribution in [2.45, 2.75) is 66.0 Å². The van der Waals surface area contributed by atoms with Crippen molar-refractivity contribution in [1.82, 2.24) is 4.90 Å². The molecule has 0 spiro atoms.